The summed E-state index contributed by atoms with van der Waals surface area (Å²) in [6, 6.07) is 9.47. The van der Waals surface area contributed by atoms with Gasteiger partial charge < -0.3 is 14.6 Å². The van der Waals surface area contributed by atoms with E-state index in [2.05, 4.69) is 11.9 Å². The lowest BCUT2D eigenvalue weighted by molar-refractivity contribution is -0.134. The van der Waals surface area contributed by atoms with E-state index in [0.29, 0.717) is 19.0 Å². The van der Waals surface area contributed by atoms with Gasteiger partial charge in [0.2, 0.25) is 5.56 Å². The van der Waals surface area contributed by atoms with Gasteiger partial charge >= 0.3 is 0 Å². The molecule has 2 aromatic rings. The number of nitrogens with one attached hydrogen (secondary N) is 1. The van der Waals surface area contributed by atoms with Crippen molar-refractivity contribution in [2.45, 2.75) is 32.6 Å². The molecule has 1 aromatic heterocycles. The van der Waals surface area contributed by atoms with Crippen molar-refractivity contribution < 1.29 is 9.53 Å². The number of carbonyl (C=O) groups excluding carboxylic acids is 1. The number of pyridine rings is 1. The molecule has 0 unspecified atom stereocenters. The van der Waals surface area contributed by atoms with Crippen molar-refractivity contribution in [1.29, 1.82) is 0 Å². The molecule has 1 amide bonds. The molecule has 0 atom stereocenters. The van der Waals surface area contributed by atoms with Crippen LogP contribution in [-0.2, 0) is 4.79 Å². The topological polar surface area (TPSA) is 62.4 Å². The van der Waals surface area contributed by atoms with Gasteiger partial charge in [-0.2, -0.15) is 0 Å². The van der Waals surface area contributed by atoms with Crippen LogP contribution in [-0.4, -0.2) is 35.5 Å². The van der Waals surface area contributed by atoms with Gasteiger partial charge in [0.25, 0.3) is 5.91 Å². The van der Waals surface area contributed by atoms with E-state index in [4.69, 9.17) is 4.74 Å². The first-order valence-electron chi connectivity index (χ1n) is 8.69. The van der Waals surface area contributed by atoms with Crippen LogP contribution in [0.5, 0.6) is 5.75 Å². The van der Waals surface area contributed by atoms with Crippen LogP contribution in [0.4, 0.5) is 0 Å². The number of piperidine rings is 1. The minimum atomic E-state index is -0.0715. The predicted molar refractivity (Wildman–Crippen MR) is 97.0 cm³/mol. The zero-order valence-corrected chi connectivity index (χ0v) is 14.7. The van der Waals surface area contributed by atoms with Crippen LogP contribution in [0.25, 0.3) is 0 Å². The Kier molecular flexibility index (Phi) is 5.22. The normalized spacial score (nSPS) is 15.2. The molecule has 0 radical (unpaired) electrons. The van der Waals surface area contributed by atoms with Crippen molar-refractivity contribution in [3.05, 3.63) is 63.6 Å². The molecule has 0 aliphatic carbocycles. The van der Waals surface area contributed by atoms with Gasteiger partial charge in [-0.1, -0.05) is 6.07 Å². The first-order valence-corrected chi connectivity index (χ1v) is 8.69. The molecule has 1 aliphatic rings. The maximum atomic E-state index is 12.4. The van der Waals surface area contributed by atoms with Crippen molar-refractivity contribution in [2.75, 3.05) is 19.7 Å². The standard InChI is InChI=1S/C20H24N2O3/c1-14-3-4-18(11-15(14)2)25-13-20(24)22-9-6-16(7-10-22)17-5-8-21-19(23)12-17/h3-5,8,11-12,16H,6-7,9-10,13H2,1-2H3,(H,21,23). The summed E-state index contributed by atoms with van der Waals surface area (Å²) in [7, 11) is 0. The number of aromatic nitrogens is 1. The van der Waals surface area contributed by atoms with Crippen molar-refractivity contribution in [3.8, 4) is 5.75 Å². The highest BCUT2D eigenvalue weighted by Crippen LogP contribution is 2.27. The van der Waals surface area contributed by atoms with Crippen molar-refractivity contribution >= 4 is 5.91 Å². The summed E-state index contributed by atoms with van der Waals surface area (Å²) in [4.78, 5) is 28.3. The lowest BCUT2D eigenvalue weighted by Gasteiger charge is -2.32. The van der Waals surface area contributed by atoms with E-state index in [1.807, 2.05) is 36.1 Å². The number of hydrogen-bond donors (Lipinski definition) is 1. The summed E-state index contributed by atoms with van der Waals surface area (Å²) in [6.45, 7) is 5.55. The smallest absolute Gasteiger partial charge is 0.260 e. The Morgan fingerprint density at radius 2 is 1.92 bits per heavy atom. The zero-order chi connectivity index (χ0) is 17.8. The largest absolute Gasteiger partial charge is 0.484 e. The minimum absolute atomic E-state index is 0.0163. The summed E-state index contributed by atoms with van der Waals surface area (Å²) in [6.07, 6.45) is 3.43. The van der Waals surface area contributed by atoms with Gasteiger partial charge in [0.1, 0.15) is 5.75 Å². The lowest BCUT2D eigenvalue weighted by Crippen LogP contribution is -2.40. The molecular weight excluding hydrogens is 316 g/mol. The predicted octanol–water partition coefficient (Wildman–Crippen LogP) is 2.78. The van der Waals surface area contributed by atoms with Crippen molar-refractivity contribution in [3.63, 3.8) is 0 Å². The summed E-state index contributed by atoms with van der Waals surface area (Å²) < 4.78 is 5.65. The number of likely N-dealkylation sites (tertiary alicyclic amines) is 1. The summed E-state index contributed by atoms with van der Waals surface area (Å²) >= 11 is 0. The van der Waals surface area contributed by atoms with Gasteiger partial charge in [0.15, 0.2) is 6.61 Å². The monoisotopic (exact) mass is 340 g/mol. The number of nitrogens with zero attached hydrogens (tertiary/aromatic N) is 1. The number of aromatic amines is 1. The second-order valence-electron chi connectivity index (χ2n) is 6.68. The molecular formula is C20H24N2O3. The number of amides is 1. The number of H-pyrrole nitrogens is 1. The fourth-order valence-corrected chi connectivity index (χ4v) is 3.22. The Bertz CT molecular complexity index is 805. The number of ether oxygens (including phenoxy) is 1. The molecule has 3 rings (SSSR count). The van der Waals surface area contributed by atoms with Crippen LogP contribution in [0.3, 0.4) is 0 Å². The molecule has 25 heavy (non-hydrogen) atoms. The molecule has 0 saturated carbocycles. The SMILES string of the molecule is Cc1ccc(OCC(=O)N2CCC(c3cc[nH]c(=O)c3)CC2)cc1C. The van der Waals surface area contributed by atoms with Crippen LogP contribution < -0.4 is 10.3 Å². The quantitative estimate of drug-likeness (QED) is 0.931. The van der Waals surface area contributed by atoms with E-state index in [1.165, 1.54) is 5.56 Å². The molecule has 1 aromatic carbocycles. The summed E-state index contributed by atoms with van der Waals surface area (Å²) in [5.41, 5.74) is 3.35. The van der Waals surface area contributed by atoms with E-state index >= 15 is 0 Å². The molecule has 0 spiro atoms. The van der Waals surface area contributed by atoms with Crippen LogP contribution >= 0.6 is 0 Å². The molecule has 132 valence electrons. The van der Waals surface area contributed by atoms with Gasteiger partial charge in [0.05, 0.1) is 0 Å². The molecule has 1 N–H and O–H groups in total. The molecule has 1 aliphatic heterocycles. The van der Waals surface area contributed by atoms with Gasteiger partial charge in [-0.25, -0.2) is 0 Å². The number of aryl methyl sites for hydroxylation is 2. The Morgan fingerprint density at radius 3 is 2.60 bits per heavy atom. The zero-order valence-electron chi connectivity index (χ0n) is 14.7. The van der Waals surface area contributed by atoms with E-state index < -0.39 is 0 Å². The molecule has 0 bridgehead atoms. The lowest BCUT2D eigenvalue weighted by atomic mass is 9.90. The first kappa shape index (κ1) is 17.3. The third-order valence-corrected chi connectivity index (χ3v) is 4.96. The van der Waals surface area contributed by atoms with Gasteiger partial charge in [-0.15, -0.1) is 0 Å². The molecule has 2 heterocycles. The highest BCUT2D eigenvalue weighted by Gasteiger charge is 2.24. The Balaban J connectivity index is 1.51. The van der Waals surface area contributed by atoms with Crippen molar-refractivity contribution in [1.82, 2.24) is 9.88 Å². The maximum Gasteiger partial charge on any atom is 0.260 e. The van der Waals surface area contributed by atoms with E-state index in [9.17, 15) is 9.59 Å². The van der Waals surface area contributed by atoms with E-state index in [-0.39, 0.29) is 18.1 Å². The average molecular weight is 340 g/mol. The second-order valence-corrected chi connectivity index (χ2v) is 6.68. The van der Waals surface area contributed by atoms with E-state index in [0.717, 1.165) is 29.7 Å². The Morgan fingerprint density at radius 1 is 1.16 bits per heavy atom. The van der Waals surface area contributed by atoms with E-state index in [1.54, 1.807) is 12.3 Å². The number of hydrogen-bond acceptors (Lipinski definition) is 3. The van der Waals surface area contributed by atoms with Crippen molar-refractivity contribution in [2.24, 2.45) is 0 Å². The van der Waals surface area contributed by atoms with Gasteiger partial charge in [-0.3, -0.25) is 9.59 Å². The Labute approximate surface area is 147 Å². The first-order chi connectivity index (χ1) is 12.0. The van der Waals surface area contributed by atoms with Crippen LogP contribution in [0.2, 0.25) is 0 Å². The van der Waals surface area contributed by atoms with Crippen LogP contribution in [0.1, 0.15) is 35.4 Å². The average Bonchev–Trinajstić information content (AvgIpc) is 2.62. The minimum Gasteiger partial charge on any atom is -0.484 e. The van der Waals surface area contributed by atoms with Crippen LogP contribution in [0.15, 0.2) is 41.3 Å². The number of rotatable bonds is 4. The second kappa shape index (κ2) is 7.55. The molecule has 5 heteroatoms. The maximum absolute atomic E-state index is 12.4. The third-order valence-electron chi connectivity index (χ3n) is 4.96. The highest BCUT2D eigenvalue weighted by atomic mass is 16.5. The van der Waals surface area contributed by atoms with Crippen LogP contribution in [0, 0.1) is 13.8 Å². The molecule has 1 fully saturated rings. The number of benzene rings is 1. The molecule has 1 saturated heterocycles. The number of carbonyl (C=O) groups is 1. The molecule has 5 nitrogen and oxygen atoms in total. The fourth-order valence-electron chi connectivity index (χ4n) is 3.22. The fraction of sp³-hybridized carbons (Fsp3) is 0.400. The van der Waals surface area contributed by atoms with Gasteiger partial charge in [-0.05, 0) is 67.5 Å². The highest BCUT2D eigenvalue weighted by molar-refractivity contribution is 5.77. The summed E-state index contributed by atoms with van der Waals surface area (Å²) in [5.74, 6) is 1.09. The summed E-state index contributed by atoms with van der Waals surface area (Å²) in [5, 5.41) is 0. The third kappa shape index (κ3) is 4.29. The van der Waals surface area contributed by atoms with Gasteiger partial charge in [0, 0.05) is 25.4 Å². The Hall–Kier alpha value is -2.56.